The van der Waals surface area contributed by atoms with Crippen molar-refractivity contribution < 1.29 is 4.74 Å². The number of benzene rings is 1. The van der Waals surface area contributed by atoms with Gasteiger partial charge in [0, 0.05) is 12.1 Å². The van der Waals surface area contributed by atoms with Gasteiger partial charge in [0.15, 0.2) is 0 Å². The molecule has 1 aromatic rings. The van der Waals surface area contributed by atoms with Gasteiger partial charge in [0.1, 0.15) is 5.75 Å². The zero-order valence-electron chi connectivity index (χ0n) is 12.3. The van der Waals surface area contributed by atoms with Crippen LogP contribution >= 0.6 is 0 Å². The molecule has 1 aliphatic rings. The monoisotopic (exact) mass is 261 g/mol. The topological polar surface area (TPSA) is 21.3 Å². The molecular weight excluding hydrogens is 234 g/mol. The van der Waals surface area contributed by atoms with E-state index in [1.54, 1.807) is 0 Å². The second kappa shape index (κ2) is 7.54. The van der Waals surface area contributed by atoms with Crippen LogP contribution in [0, 0.1) is 11.8 Å². The molecule has 19 heavy (non-hydrogen) atoms. The molecule has 0 amide bonds. The van der Waals surface area contributed by atoms with E-state index in [1.165, 1.54) is 31.2 Å². The molecule has 2 heteroatoms. The lowest BCUT2D eigenvalue weighted by Crippen LogP contribution is -2.29. The van der Waals surface area contributed by atoms with Gasteiger partial charge in [-0.1, -0.05) is 44.4 Å². The Kier molecular flexibility index (Phi) is 5.71. The van der Waals surface area contributed by atoms with Crippen molar-refractivity contribution in [2.45, 2.75) is 46.1 Å². The third-order valence-corrected chi connectivity index (χ3v) is 4.28. The molecule has 1 N–H and O–H groups in total. The summed E-state index contributed by atoms with van der Waals surface area (Å²) in [5, 5.41) is 3.62. The van der Waals surface area contributed by atoms with Crippen LogP contribution in [0.4, 0.5) is 0 Å². The molecule has 0 heterocycles. The van der Waals surface area contributed by atoms with E-state index in [4.69, 9.17) is 4.74 Å². The smallest absolute Gasteiger partial charge is 0.123 e. The van der Waals surface area contributed by atoms with Crippen LogP contribution in [0.2, 0.25) is 0 Å². The number of ether oxygens (including phenoxy) is 1. The number of para-hydroxylation sites is 1. The molecule has 2 nitrogen and oxygen atoms in total. The minimum Gasteiger partial charge on any atom is -0.494 e. The fourth-order valence-corrected chi connectivity index (χ4v) is 3.03. The van der Waals surface area contributed by atoms with Crippen molar-refractivity contribution in [2.75, 3.05) is 13.2 Å². The van der Waals surface area contributed by atoms with Crippen LogP contribution in [0.25, 0.3) is 0 Å². The fraction of sp³-hybridized carbons (Fsp3) is 0.647. The summed E-state index contributed by atoms with van der Waals surface area (Å²) in [6.07, 6.45) is 5.63. The first-order chi connectivity index (χ1) is 9.31. The van der Waals surface area contributed by atoms with Crippen molar-refractivity contribution in [1.29, 1.82) is 0 Å². The molecule has 1 aliphatic carbocycles. The summed E-state index contributed by atoms with van der Waals surface area (Å²) in [6.45, 7) is 7.23. The van der Waals surface area contributed by atoms with Gasteiger partial charge < -0.3 is 10.1 Å². The van der Waals surface area contributed by atoms with Gasteiger partial charge in [-0.15, -0.1) is 0 Å². The number of hydrogen-bond acceptors (Lipinski definition) is 2. The Morgan fingerprint density at radius 3 is 2.79 bits per heavy atom. The minimum atomic E-state index is 0.733. The summed E-state index contributed by atoms with van der Waals surface area (Å²) in [7, 11) is 0. The Morgan fingerprint density at radius 2 is 2.00 bits per heavy atom. The summed E-state index contributed by atoms with van der Waals surface area (Å²) in [4.78, 5) is 0. The maximum atomic E-state index is 5.66. The molecule has 1 saturated carbocycles. The van der Waals surface area contributed by atoms with Gasteiger partial charge in [-0.3, -0.25) is 0 Å². The number of rotatable bonds is 6. The van der Waals surface area contributed by atoms with Crippen LogP contribution in [-0.2, 0) is 6.54 Å². The second-order valence-electron chi connectivity index (χ2n) is 5.69. The quantitative estimate of drug-likeness (QED) is 0.835. The molecule has 1 aromatic carbocycles. The van der Waals surface area contributed by atoms with Gasteiger partial charge in [0.05, 0.1) is 6.61 Å². The molecule has 0 aliphatic heterocycles. The van der Waals surface area contributed by atoms with E-state index < -0.39 is 0 Å². The lowest BCUT2D eigenvalue weighted by molar-refractivity contribution is 0.247. The Labute approximate surface area is 117 Å². The predicted molar refractivity (Wildman–Crippen MR) is 80.4 cm³/mol. The van der Waals surface area contributed by atoms with Gasteiger partial charge >= 0.3 is 0 Å². The third-order valence-electron chi connectivity index (χ3n) is 4.28. The molecule has 0 radical (unpaired) electrons. The van der Waals surface area contributed by atoms with E-state index in [1.807, 2.05) is 13.0 Å². The Morgan fingerprint density at radius 1 is 1.21 bits per heavy atom. The van der Waals surface area contributed by atoms with Crippen molar-refractivity contribution in [3.8, 4) is 5.75 Å². The maximum absolute atomic E-state index is 5.66. The Hall–Kier alpha value is -1.02. The molecule has 1 fully saturated rings. The highest BCUT2D eigenvalue weighted by atomic mass is 16.5. The largest absolute Gasteiger partial charge is 0.494 e. The standard InChI is InChI=1S/C17H27NO/c1-3-19-17-11-7-6-10-16(17)13-18-12-15-9-5-4-8-14(15)2/h6-7,10-11,14-15,18H,3-5,8-9,12-13H2,1-2H3. The lowest BCUT2D eigenvalue weighted by Gasteiger charge is -2.29. The van der Waals surface area contributed by atoms with Crippen molar-refractivity contribution in [3.63, 3.8) is 0 Å². The van der Waals surface area contributed by atoms with E-state index in [-0.39, 0.29) is 0 Å². The number of nitrogens with one attached hydrogen (secondary N) is 1. The van der Waals surface area contributed by atoms with E-state index >= 15 is 0 Å². The SMILES string of the molecule is CCOc1ccccc1CNCC1CCCCC1C. The molecule has 0 saturated heterocycles. The van der Waals surface area contributed by atoms with Crippen molar-refractivity contribution in [1.82, 2.24) is 5.32 Å². The molecule has 0 spiro atoms. The van der Waals surface area contributed by atoms with Crippen LogP contribution in [0.5, 0.6) is 5.75 Å². The normalized spacial score (nSPS) is 23.3. The highest BCUT2D eigenvalue weighted by Gasteiger charge is 2.20. The second-order valence-corrected chi connectivity index (χ2v) is 5.69. The zero-order valence-corrected chi connectivity index (χ0v) is 12.3. The third kappa shape index (κ3) is 4.24. The minimum absolute atomic E-state index is 0.733. The highest BCUT2D eigenvalue weighted by Crippen LogP contribution is 2.29. The zero-order chi connectivity index (χ0) is 13.5. The van der Waals surface area contributed by atoms with Crippen LogP contribution in [0.3, 0.4) is 0 Å². The van der Waals surface area contributed by atoms with Gasteiger partial charge in [-0.25, -0.2) is 0 Å². The van der Waals surface area contributed by atoms with Crippen molar-refractivity contribution in [2.24, 2.45) is 11.8 Å². The summed E-state index contributed by atoms with van der Waals surface area (Å²) in [5.41, 5.74) is 1.27. The molecule has 2 atom stereocenters. The summed E-state index contributed by atoms with van der Waals surface area (Å²) >= 11 is 0. The Bertz CT molecular complexity index is 377. The number of hydrogen-bond donors (Lipinski definition) is 1. The first-order valence-corrected chi connectivity index (χ1v) is 7.72. The predicted octanol–water partition coefficient (Wildman–Crippen LogP) is 4.00. The van der Waals surface area contributed by atoms with E-state index in [0.717, 1.165) is 37.3 Å². The first kappa shape index (κ1) is 14.4. The average molecular weight is 261 g/mol. The van der Waals surface area contributed by atoms with Crippen LogP contribution in [-0.4, -0.2) is 13.2 Å². The van der Waals surface area contributed by atoms with Crippen LogP contribution < -0.4 is 10.1 Å². The summed E-state index contributed by atoms with van der Waals surface area (Å²) in [5.74, 6) is 2.76. The van der Waals surface area contributed by atoms with Gasteiger partial charge in [0.2, 0.25) is 0 Å². The molecule has 0 bridgehead atoms. The van der Waals surface area contributed by atoms with E-state index in [2.05, 4.69) is 30.4 Å². The van der Waals surface area contributed by atoms with E-state index in [0.29, 0.717) is 0 Å². The van der Waals surface area contributed by atoms with Crippen molar-refractivity contribution >= 4 is 0 Å². The highest BCUT2D eigenvalue weighted by molar-refractivity contribution is 5.33. The van der Waals surface area contributed by atoms with E-state index in [9.17, 15) is 0 Å². The van der Waals surface area contributed by atoms with Crippen LogP contribution in [0.15, 0.2) is 24.3 Å². The van der Waals surface area contributed by atoms with Gasteiger partial charge in [-0.05, 0) is 37.8 Å². The molecular formula is C17H27NO. The molecule has 106 valence electrons. The maximum Gasteiger partial charge on any atom is 0.123 e. The molecule has 2 rings (SSSR count). The Balaban J connectivity index is 1.81. The van der Waals surface area contributed by atoms with Crippen LogP contribution in [0.1, 0.15) is 45.1 Å². The lowest BCUT2D eigenvalue weighted by atomic mass is 9.80. The summed E-state index contributed by atoms with van der Waals surface area (Å²) in [6, 6.07) is 8.34. The van der Waals surface area contributed by atoms with Gasteiger partial charge in [-0.2, -0.15) is 0 Å². The fourth-order valence-electron chi connectivity index (χ4n) is 3.03. The first-order valence-electron chi connectivity index (χ1n) is 7.72. The molecule has 2 unspecified atom stereocenters. The summed E-state index contributed by atoms with van der Waals surface area (Å²) < 4.78 is 5.66. The van der Waals surface area contributed by atoms with Gasteiger partial charge in [0.25, 0.3) is 0 Å². The van der Waals surface area contributed by atoms with Crippen molar-refractivity contribution in [3.05, 3.63) is 29.8 Å². The molecule has 0 aromatic heterocycles. The average Bonchev–Trinajstić information content (AvgIpc) is 2.43.